The minimum Gasteiger partial charge on any atom is -0.366 e. The summed E-state index contributed by atoms with van der Waals surface area (Å²) in [5.41, 5.74) is 8.51. The summed E-state index contributed by atoms with van der Waals surface area (Å²) in [6.07, 6.45) is 3.75. The number of nitrogens with zero attached hydrogens (tertiary/aromatic N) is 1. The van der Waals surface area contributed by atoms with Crippen LogP contribution in [0.3, 0.4) is 0 Å². The summed E-state index contributed by atoms with van der Waals surface area (Å²) in [6.45, 7) is 0.828. The van der Waals surface area contributed by atoms with E-state index in [0.29, 0.717) is 25.1 Å². The van der Waals surface area contributed by atoms with Crippen LogP contribution in [-0.4, -0.2) is 43.0 Å². The van der Waals surface area contributed by atoms with Crippen molar-refractivity contribution in [1.29, 1.82) is 0 Å². The first-order valence-electron chi connectivity index (χ1n) is 6.92. The zero-order valence-corrected chi connectivity index (χ0v) is 13.0. The summed E-state index contributed by atoms with van der Waals surface area (Å²) >= 11 is 0. The van der Waals surface area contributed by atoms with Gasteiger partial charge in [0, 0.05) is 24.2 Å². The van der Waals surface area contributed by atoms with Crippen molar-refractivity contribution in [1.82, 2.24) is 9.29 Å². The molecule has 0 saturated carbocycles. The molecule has 0 unspecified atom stereocenters. The number of hydrogen-bond donors (Lipinski definition) is 2. The highest BCUT2D eigenvalue weighted by Gasteiger charge is 2.21. The molecule has 1 aliphatic rings. The van der Waals surface area contributed by atoms with Gasteiger partial charge in [-0.1, -0.05) is 18.2 Å². The molecule has 2 heterocycles. The van der Waals surface area contributed by atoms with Gasteiger partial charge in [0.1, 0.15) is 0 Å². The maximum absolute atomic E-state index is 11.5. The summed E-state index contributed by atoms with van der Waals surface area (Å²) < 4.78 is 24.5. The predicted octanol–water partition coefficient (Wildman–Crippen LogP) is 1.32. The van der Waals surface area contributed by atoms with Gasteiger partial charge in [0.25, 0.3) is 5.91 Å². The topological polar surface area (TPSA) is 96.3 Å². The van der Waals surface area contributed by atoms with Gasteiger partial charge in [-0.3, -0.25) is 4.79 Å². The van der Waals surface area contributed by atoms with Gasteiger partial charge in [0.05, 0.1) is 17.3 Å². The smallest absolute Gasteiger partial charge is 0.250 e. The fourth-order valence-electron chi connectivity index (χ4n) is 2.73. The Bertz CT molecular complexity index is 881. The molecule has 0 aliphatic carbocycles. The van der Waals surface area contributed by atoms with Crippen LogP contribution >= 0.6 is 0 Å². The van der Waals surface area contributed by atoms with Crippen LogP contribution in [0, 0.1) is 0 Å². The van der Waals surface area contributed by atoms with Gasteiger partial charge < -0.3 is 10.7 Å². The van der Waals surface area contributed by atoms with Crippen molar-refractivity contribution in [3.05, 3.63) is 41.6 Å². The van der Waals surface area contributed by atoms with Gasteiger partial charge >= 0.3 is 0 Å². The number of fused-ring (bicyclic) bond motifs is 1. The Kier molecular flexibility index (Phi) is 3.54. The Morgan fingerprint density at radius 1 is 1.36 bits per heavy atom. The lowest BCUT2D eigenvalue weighted by Crippen LogP contribution is -2.33. The van der Waals surface area contributed by atoms with Crippen LogP contribution in [0.2, 0.25) is 0 Å². The lowest BCUT2D eigenvalue weighted by atomic mass is 10.1. The zero-order chi connectivity index (χ0) is 15.9. The second kappa shape index (κ2) is 5.26. The zero-order valence-electron chi connectivity index (χ0n) is 12.2. The average molecular weight is 319 g/mol. The van der Waals surface area contributed by atoms with Crippen LogP contribution in [0.4, 0.5) is 0 Å². The highest BCUT2D eigenvalue weighted by atomic mass is 32.2. The van der Waals surface area contributed by atoms with Crippen LogP contribution < -0.4 is 5.73 Å². The third-order valence-electron chi connectivity index (χ3n) is 3.91. The van der Waals surface area contributed by atoms with E-state index in [2.05, 4.69) is 4.98 Å². The molecule has 0 radical (unpaired) electrons. The Morgan fingerprint density at radius 2 is 2.14 bits per heavy atom. The molecule has 3 N–H and O–H groups in total. The molecule has 6 nitrogen and oxygen atoms in total. The molecule has 0 atom stereocenters. The fraction of sp³-hybridized carbons (Fsp3) is 0.267. The summed E-state index contributed by atoms with van der Waals surface area (Å²) in [7, 11) is -3.16. The van der Waals surface area contributed by atoms with Crippen LogP contribution in [0.1, 0.15) is 22.5 Å². The third-order valence-corrected chi connectivity index (χ3v) is 5.18. The van der Waals surface area contributed by atoms with E-state index >= 15 is 0 Å². The second-order valence-corrected chi connectivity index (χ2v) is 7.40. The summed E-state index contributed by atoms with van der Waals surface area (Å²) in [6, 6.07) is 7.35. The number of aromatic amines is 1. The third kappa shape index (κ3) is 2.65. The molecular weight excluding hydrogens is 302 g/mol. The van der Waals surface area contributed by atoms with Crippen LogP contribution in [0.25, 0.3) is 16.5 Å². The van der Waals surface area contributed by atoms with Crippen molar-refractivity contribution in [3.8, 4) is 0 Å². The molecule has 2 aromatic rings. The van der Waals surface area contributed by atoms with Gasteiger partial charge in [0.2, 0.25) is 10.0 Å². The quantitative estimate of drug-likeness (QED) is 0.893. The van der Waals surface area contributed by atoms with Crippen molar-refractivity contribution in [2.45, 2.75) is 6.42 Å². The molecule has 7 heteroatoms. The van der Waals surface area contributed by atoms with E-state index < -0.39 is 15.9 Å². The van der Waals surface area contributed by atoms with Crippen molar-refractivity contribution < 1.29 is 13.2 Å². The van der Waals surface area contributed by atoms with Crippen molar-refractivity contribution in [2.75, 3.05) is 19.3 Å². The number of rotatable bonds is 3. The van der Waals surface area contributed by atoms with E-state index in [1.54, 1.807) is 12.1 Å². The Hall–Kier alpha value is -2.12. The van der Waals surface area contributed by atoms with Gasteiger partial charge in [0.15, 0.2) is 0 Å². The van der Waals surface area contributed by atoms with E-state index in [1.807, 2.05) is 18.2 Å². The number of benzene rings is 1. The molecular formula is C15H17N3O3S. The van der Waals surface area contributed by atoms with Crippen molar-refractivity contribution in [3.63, 3.8) is 0 Å². The number of hydrogen-bond acceptors (Lipinski definition) is 3. The molecule has 1 aromatic heterocycles. The van der Waals surface area contributed by atoms with E-state index in [4.69, 9.17) is 5.73 Å². The molecule has 1 amide bonds. The molecule has 0 fully saturated rings. The first kappa shape index (κ1) is 14.8. The summed E-state index contributed by atoms with van der Waals surface area (Å²) in [5.74, 6) is -0.472. The first-order valence-corrected chi connectivity index (χ1v) is 8.77. The lowest BCUT2D eigenvalue weighted by molar-refractivity contribution is 0.100. The summed E-state index contributed by atoms with van der Waals surface area (Å²) in [5, 5.41) is 0.915. The van der Waals surface area contributed by atoms with Gasteiger partial charge in [-0.25, -0.2) is 8.42 Å². The Labute approximate surface area is 128 Å². The number of primary amides is 1. The minimum atomic E-state index is -3.16. The number of sulfonamides is 1. The Morgan fingerprint density at radius 3 is 2.73 bits per heavy atom. The Balaban J connectivity index is 1.97. The first-order chi connectivity index (χ1) is 10.4. The van der Waals surface area contributed by atoms with Crippen LogP contribution in [-0.2, 0) is 10.0 Å². The standard InChI is InChI=1S/C15H17N3O3S/c1-22(20,21)18-7-5-10(6-8-18)13-9-11-3-2-4-12(15(16)19)14(11)17-13/h2-5,9,17H,6-8H2,1H3,(H2,16,19). The van der Waals surface area contributed by atoms with Crippen molar-refractivity contribution in [2.24, 2.45) is 5.73 Å². The maximum Gasteiger partial charge on any atom is 0.250 e. The highest BCUT2D eigenvalue weighted by Crippen LogP contribution is 2.27. The second-order valence-electron chi connectivity index (χ2n) is 5.42. The van der Waals surface area contributed by atoms with Gasteiger partial charge in [-0.15, -0.1) is 0 Å². The van der Waals surface area contributed by atoms with Gasteiger partial charge in [-0.2, -0.15) is 4.31 Å². The largest absolute Gasteiger partial charge is 0.366 e. The molecule has 3 rings (SSSR count). The number of para-hydroxylation sites is 1. The molecule has 0 saturated heterocycles. The number of H-pyrrole nitrogens is 1. The minimum absolute atomic E-state index is 0.367. The molecule has 116 valence electrons. The SMILES string of the molecule is CS(=O)(=O)N1CC=C(c2cc3cccc(C(N)=O)c3[nH]2)CC1. The van der Waals surface area contributed by atoms with E-state index in [-0.39, 0.29) is 0 Å². The molecule has 0 bridgehead atoms. The number of aromatic nitrogens is 1. The molecule has 0 spiro atoms. The number of amides is 1. The number of carbonyl (C=O) groups excluding carboxylic acids is 1. The van der Waals surface area contributed by atoms with Crippen LogP contribution in [0.5, 0.6) is 0 Å². The molecule has 22 heavy (non-hydrogen) atoms. The number of nitrogens with two attached hydrogens (primary N) is 1. The van der Waals surface area contributed by atoms with E-state index in [1.165, 1.54) is 10.6 Å². The fourth-order valence-corrected chi connectivity index (χ4v) is 3.50. The van der Waals surface area contributed by atoms with Crippen molar-refractivity contribution >= 4 is 32.4 Å². The lowest BCUT2D eigenvalue weighted by Gasteiger charge is -2.23. The maximum atomic E-state index is 11.5. The normalized spacial score (nSPS) is 16.7. The van der Waals surface area contributed by atoms with E-state index in [0.717, 1.165) is 22.2 Å². The van der Waals surface area contributed by atoms with Gasteiger partial charge in [-0.05, 0) is 24.1 Å². The molecule has 1 aromatic carbocycles. The van der Waals surface area contributed by atoms with E-state index in [9.17, 15) is 13.2 Å². The molecule has 1 aliphatic heterocycles. The average Bonchev–Trinajstić information content (AvgIpc) is 2.90. The van der Waals surface area contributed by atoms with Crippen LogP contribution in [0.15, 0.2) is 30.3 Å². The number of nitrogens with one attached hydrogen (secondary N) is 1. The summed E-state index contributed by atoms with van der Waals surface area (Å²) in [4.78, 5) is 14.7. The predicted molar refractivity (Wildman–Crippen MR) is 85.8 cm³/mol. The number of carbonyl (C=O) groups is 1. The highest BCUT2D eigenvalue weighted by molar-refractivity contribution is 7.88. The monoisotopic (exact) mass is 319 g/mol.